The molecule has 0 aromatic heterocycles. The van der Waals surface area contributed by atoms with Gasteiger partial charge in [0.05, 0.1) is 7.11 Å². The minimum absolute atomic E-state index is 0.0702. The maximum Gasteiger partial charge on any atom is 0.201 e. The van der Waals surface area contributed by atoms with Crippen molar-refractivity contribution in [2.45, 2.75) is 26.2 Å². The summed E-state index contributed by atoms with van der Waals surface area (Å²) in [4.78, 5) is 0. The Morgan fingerprint density at radius 2 is 1.48 bits per heavy atom. The maximum absolute atomic E-state index is 14.8. The molecule has 160 valence electrons. The van der Waals surface area contributed by atoms with Crippen LogP contribution in [0.3, 0.4) is 0 Å². The minimum Gasteiger partial charge on any atom is -0.494 e. The standard InChI is InChI=1S/C25H19F5O/c1-3-13-6-7-17(23(28)22(13)27)15-5-4-14-11-19(20(26)12-16(14)10-15)18-8-9-21(31-2)25(30)24(18)29/h6-12H,3-5H2,1-2H3. The first-order valence-electron chi connectivity index (χ1n) is 9.88. The predicted molar refractivity (Wildman–Crippen MR) is 110 cm³/mol. The predicted octanol–water partition coefficient (Wildman–Crippen LogP) is 7.11. The van der Waals surface area contributed by atoms with Gasteiger partial charge in [-0.3, -0.25) is 0 Å². The smallest absolute Gasteiger partial charge is 0.201 e. The second kappa shape index (κ2) is 8.17. The van der Waals surface area contributed by atoms with E-state index in [0.717, 1.165) is 0 Å². The molecule has 0 bridgehead atoms. The molecular weight excluding hydrogens is 411 g/mol. The fourth-order valence-corrected chi connectivity index (χ4v) is 3.94. The summed E-state index contributed by atoms with van der Waals surface area (Å²) in [5, 5.41) is 0. The molecule has 3 aromatic rings. The number of allylic oxidation sites excluding steroid dienone is 1. The van der Waals surface area contributed by atoms with Crippen LogP contribution in [0.1, 0.15) is 35.6 Å². The van der Waals surface area contributed by atoms with Crippen LogP contribution in [0.25, 0.3) is 22.8 Å². The molecule has 1 nitrogen and oxygen atoms in total. The van der Waals surface area contributed by atoms with E-state index in [-0.39, 0.29) is 22.4 Å². The molecule has 0 amide bonds. The third-order valence-corrected chi connectivity index (χ3v) is 5.67. The molecule has 0 atom stereocenters. The quantitative estimate of drug-likeness (QED) is 0.401. The summed E-state index contributed by atoms with van der Waals surface area (Å²) in [6, 6.07) is 8.27. The van der Waals surface area contributed by atoms with Gasteiger partial charge >= 0.3 is 0 Å². The highest BCUT2D eigenvalue weighted by atomic mass is 19.2. The van der Waals surface area contributed by atoms with Gasteiger partial charge in [0.1, 0.15) is 5.82 Å². The molecule has 1 aliphatic rings. The molecule has 1 aliphatic carbocycles. The van der Waals surface area contributed by atoms with Crippen molar-refractivity contribution in [2.24, 2.45) is 0 Å². The Balaban J connectivity index is 1.77. The Bertz CT molecular complexity index is 1210. The van der Waals surface area contributed by atoms with E-state index in [1.165, 1.54) is 37.4 Å². The first kappa shape index (κ1) is 21.1. The second-order valence-electron chi connectivity index (χ2n) is 7.40. The lowest BCUT2D eigenvalue weighted by molar-refractivity contribution is 0.372. The van der Waals surface area contributed by atoms with Gasteiger partial charge in [-0.2, -0.15) is 4.39 Å². The molecule has 0 spiro atoms. The topological polar surface area (TPSA) is 9.23 Å². The lowest BCUT2D eigenvalue weighted by Gasteiger charge is -2.20. The summed E-state index contributed by atoms with van der Waals surface area (Å²) in [5.41, 5.74) is 1.92. The Morgan fingerprint density at radius 3 is 2.19 bits per heavy atom. The fraction of sp³-hybridized carbons (Fsp3) is 0.200. The van der Waals surface area contributed by atoms with Gasteiger partial charge in [-0.1, -0.05) is 25.1 Å². The second-order valence-corrected chi connectivity index (χ2v) is 7.40. The molecule has 4 rings (SSSR count). The molecule has 0 unspecified atom stereocenters. The summed E-state index contributed by atoms with van der Waals surface area (Å²) >= 11 is 0. The first-order chi connectivity index (χ1) is 14.8. The molecule has 6 heteroatoms. The summed E-state index contributed by atoms with van der Waals surface area (Å²) < 4.78 is 76.9. The number of rotatable bonds is 4. The van der Waals surface area contributed by atoms with Gasteiger partial charge < -0.3 is 4.74 Å². The van der Waals surface area contributed by atoms with Crippen molar-refractivity contribution in [1.29, 1.82) is 0 Å². The molecule has 0 heterocycles. The SMILES string of the molecule is CCc1ccc(C2=Cc3cc(F)c(-c4ccc(OC)c(F)c4F)cc3CC2)c(F)c1F. The number of benzene rings is 3. The van der Waals surface area contributed by atoms with E-state index < -0.39 is 29.1 Å². The lowest BCUT2D eigenvalue weighted by Crippen LogP contribution is -2.05. The van der Waals surface area contributed by atoms with Gasteiger partial charge in [0, 0.05) is 16.7 Å². The Labute approximate surface area is 176 Å². The lowest BCUT2D eigenvalue weighted by atomic mass is 9.86. The van der Waals surface area contributed by atoms with E-state index in [9.17, 15) is 22.0 Å². The monoisotopic (exact) mass is 430 g/mol. The van der Waals surface area contributed by atoms with Crippen molar-refractivity contribution in [3.05, 3.63) is 87.7 Å². The average molecular weight is 430 g/mol. The molecule has 0 aliphatic heterocycles. The van der Waals surface area contributed by atoms with Crippen molar-refractivity contribution in [2.75, 3.05) is 7.11 Å². The van der Waals surface area contributed by atoms with E-state index in [1.807, 2.05) is 0 Å². The molecular formula is C25H19F5O. The van der Waals surface area contributed by atoms with Gasteiger partial charge in [0.2, 0.25) is 5.82 Å². The molecule has 0 saturated carbocycles. The van der Waals surface area contributed by atoms with Crippen LogP contribution in [0.5, 0.6) is 5.75 Å². The number of ether oxygens (including phenoxy) is 1. The van der Waals surface area contributed by atoms with Gasteiger partial charge in [-0.05, 0) is 65.8 Å². The molecule has 0 fully saturated rings. The van der Waals surface area contributed by atoms with Crippen molar-refractivity contribution < 1.29 is 26.7 Å². The fourth-order valence-electron chi connectivity index (χ4n) is 3.94. The maximum atomic E-state index is 14.8. The third kappa shape index (κ3) is 3.60. The van der Waals surface area contributed by atoms with E-state index in [4.69, 9.17) is 4.74 Å². The normalized spacial score (nSPS) is 13.1. The van der Waals surface area contributed by atoms with Crippen LogP contribution in [0.15, 0.2) is 36.4 Å². The van der Waals surface area contributed by atoms with Crippen LogP contribution in [-0.2, 0) is 12.8 Å². The first-order valence-corrected chi connectivity index (χ1v) is 9.88. The number of halogens is 5. The highest BCUT2D eigenvalue weighted by Crippen LogP contribution is 2.37. The molecule has 0 N–H and O–H groups in total. The number of aryl methyl sites for hydroxylation is 2. The van der Waals surface area contributed by atoms with Crippen molar-refractivity contribution in [3.8, 4) is 16.9 Å². The Hall–Kier alpha value is -3.15. The highest BCUT2D eigenvalue weighted by molar-refractivity contribution is 5.86. The van der Waals surface area contributed by atoms with Crippen LogP contribution < -0.4 is 4.74 Å². The van der Waals surface area contributed by atoms with Gasteiger partial charge in [0.15, 0.2) is 23.2 Å². The van der Waals surface area contributed by atoms with Gasteiger partial charge in [-0.15, -0.1) is 0 Å². The zero-order valence-corrected chi connectivity index (χ0v) is 17.0. The number of hydrogen-bond donors (Lipinski definition) is 0. The van der Waals surface area contributed by atoms with Crippen LogP contribution in [0.4, 0.5) is 22.0 Å². The largest absolute Gasteiger partial charge is 0.494 e. The van der Waals surface area contributed by atoms with E-state index in [1.54, 1.807) is 19.1 Å². The zero-order chi connectivity index (χ0) is 22.3. The third-order valence-electron chi connectivity index (χ3n) is 5.67. The summed E-state index contributed by atoms with van der Waals surface area (Å²) in [7, 11) is 1.21. The number of methoxy groups -OCH3 is 1. The number of hydrogen-bond acceptors (Lipinski definition) is 1. The summed E-state index contributed by atoms with van der Waals surface area (Å²) in [6.45, 7) is 1.74. The zero-order valence-electron chi connectivity index (χ0n) is 17.0. The van der Waals surface area contributed by atoms with Crippen molar-refractivity contribution >= 4 is 11.6 Å². The van der Waals surface area contributed by atoms with Crippen molar-refractivity contribution in [3.63, 3.8) is 0 Å². The van der Waals surface area contributed by atoms with Gasteiger partial charge in [-0.25, -0.2) is 17.6 Å². The molecule has 31 heavy (non-hydrogen) atoms. The van der Waals surface area contributed by atoms with Crippen LogP contribution in [0, 0.1) is 29.1 Å². The Morgan fingerprint density at radius 1 is 0.774 bits per heavy atom. The molecule has 0 radical (unpaired) electrons. The van der Waals surface area contributed by atoms with Crippen molar-refractivity contribution in [1.82, 2.24) is 0 Å². The minimum atomic E-state index is -1.20. The number of fused-ring (bicyclic) bond motifs is 1. The van der Waals surface area contributed by atoms with Gasteiger partial charge in [0.25, 0.3) is 0 Å². The van der Waals surface area contributed by atoms with E-state index in [0.29, 0.717) is 41.5 Å². The average Bonchev–Trinajstić information content (AvgIpc) is 2.77. The van der Waals surface area contributed by atoms with E-state index in [2.05, 4.69) is 0 Å². The summed E-state index contributed by atoms with van der Waals surface area (Å²) in [6.07, 6.45) is 2.81. The van der Waals surface area contributed by atoms with Crippen LogP contribution >= 0.6 is 0 Å². The highest BCUT2D eigenvalue weighted by Gasteiger charge is 2.22. The van der Waals surface area contributed by atoms with Crippen LogP contribution in [-0.4, -0.2) is 7.11 Å². The summed E-state index contributed by atoms with van der Waals surface area (Å²) in [5.74, 6) is -5.18. The molecule has 3 aromatic carbocycles. The Kier molecular flexibility index (Phi) is 5.56. The van der Waals surface area contributed by atoms with E-state index >= 15 is 0 Å². The molecule has 0 saturated heterocycles. The van der Waals surface area contributed by atoms with Crippen LogP contribution in [0.2, 0.25) is 0 Å².